The van der Waals surface area contributed by atoms with Crippen molar-refractivity contribution in [1.82, 2.24) is 15.1 Å². The molecule has 2 aromatic rings. The molecule has 1 amide bonds. The molecule has 23 heavy (non-hydrogen) atoms. The van der Waals surface area contributed by atoms with Crippen molar-refractivity contribution in [2.45, 2.75) is 44.9 Å². The summed E-state index contributed by atoms with van der Waals surface area (Å²) in [5, 5.41) is 7.24. The van der Waals surface area contributed by atoms with Gasteiger partial charge in [0.25, 0.3) is 0 Å². The lowest BCUT2D eigenvalue weighted by Gasteiger charge is -2.38. The molecule has 2 unspecified atom stereocenters. The van der Waals surface area contributed by atoms with Gasteiger partial charge in [-0.3, -0.25) is 9.48 Å². The zero-order valence-corrected chi connectivity index (χ0v) is 13.6. The third-order valence-corrected chi connectivity index (χ3v) is 4.11. The SMILES string of the molecule is CC(C(=O)NC1CC(C)(C)Oc2ccc(N)cc21)n1cccn1. The van der Waals surface area contributed by atoms with Gasteiger partial charge in [-0.15, -0.1) is 0 Å². The molecule has 2 heterocycles. The number of fused-ring (bicyclic) bond motifs is 1. The molecule has 0 saturated carbocycles. The number of carbonyl (C=O) groups is 1. The molecule has 1 aromatic carbocycles. The minimum Gasteiger partial charge on any atom is -0.487 e. The molecule has 122 valence electrons. The first-order valence-electron chi connectivity index (χ1n) is 7.74. The predicted octanol–water partition coefficient (Wildman–Crippen LogP) is 2.44. The van der Waals surface area contributed by atoms with Crippen molar-refractivity contribution in [2.75, 3.05) is 5.73 Å². The number of carbonyl (C=O) groups excluding carboxylic acids is 1. The Bertz CT molecular complexity index is 709. The highest BCUT2D eigenvalue weighted by atomic mass is 16.5. The molecule has 0 radical (unpaired) electrons. The second-order valence-electron chi connectivity index (χ2n) is 6.59. The van der Waals surface area contributed by atoms with Gasteiger partial charge in [0.05, 0.1) is 6.04 Å². The maximum absolute atomic E-state index is 12.6. The van der Waals surface area contributed by atoms with E-state index >= 15 is 0 Å². The van der Waals surface area contributed by atoms with Crippen molar-refractivity contribution in [3.05, 3.63) is 42.2 Å². The third kappa shape index (κ3) is 3.16. The summed E-state index contributed by atoms with van der Waals surface area (Å²) < 4.78 is 7.63. The average Bonchev–Trinajstić information content (AvgIpc) is 3.00. The first-order chi connectivity index (χ1) is 10.9. The van der Waals surface area contributed by atoms with Gasteiger partial charge in [-0.1, -0.05) is 0 Å². The van der Waals surface area contributed by atoms with Crippen molar-refractivity contribution in [3.63, 3.8) is 0 Å². The number of hydrogen-bond acceptors (Lipinski definition) is 4. The fraction of sp³-hybridized carbons (Fsp3) is 0.412. The van der Waals surface area contributed by atoms with Gasteiger partial charge in [0, 0.05) is 30.1 Å². The Morgan fingerprint density at radius 2 is 2.30 bits per heavy atom. The number of hydrogen-bond donors (Lipinski definition) is 2. The maximum Gasteiger partial charge on any atom is 0.245 e. The number of anilines is 1. The summed E-state index contributed by atoms with van der Waals surface area (Å²) in [6.45, 7) is 5.86. The second kappa shape index (κ2) is 5.61. The summed E-state index contributed by atoms with van der Waals surface area (Å²) in [5.41, 5.74) is 7.13. The van der Waals surface area contributed by atoms with Crippen molar-refractivity contribution in [2.24, 2.45) is 0 Å². The zero-order chi connectivity index (χ0) is 16.6. The minimum absolute atomic E-state index is 0.0789. The molecular weight excluding hydrogens is 292 g/mol. The number of nitrogens with one attached hydrogen (secondary N) is 1. The van der Waals surface area contributed by atoms with Crippen LogP contribution in [0.5, 0.6) is 5.75 Å². The van der Waals surface area contributed by atoms with Crippen LogP contribution in [0.3, 0.4) is 0 Å². The predicted molar refractivity (Wildman–Crippen MR) is 88.0 cm³/mol. The number of nitrogen functional groups attached to an aromatic ring is 1. The van der Waals surface area contributed by atoms with Crippen LogP contribution in [0, 0.1) is 0 Å². The van der Waals surface area contributed by atoms with E-state index in [0.29, 0.717) is 12.1 Å². The van der Waals surface area contributed by atoms with Crippen LogP contribution in [0.15, 0.2) is 36.7 Å². The van der Waals surface area contributed by atoms with E-state index in [1.165, 1.54) is 0 Å². The number of benzene rings is 1. The molecule has 6 heteroatoms. The standard InChI is InChI=1S/C17H22N4O2/c1-11(21-8-4-7-19-21)16(22)20-14-10-17(2,3)23-15-6-5-12(18)9-13(14)15/h4-9,11,14H,10,18H2,1-3H3,(H,20,22). The monoisotopic (exact) mass is 314 g/mol. The second-order valence-corrected chi connectivity index (χ2v) is 6.59. The molecule has 1 aliphatic rings. The number of ether oxygens (including phenoxy) is 1. The summed E-state index contributed by atoms with van der Waals surface area (Å²) in [4.78, 5) is 12.6. The van der Waals surface area contributed by atoms with E-state index in [0.717, 1.165) is 11.3 Å². The van der Waals surface area contributed by atoms with E-state index in [-0.39, 0.29) is 23.6 Å². The van der Waals surface area contributed by atoms with E-state index in [2.05, 4.69) is 10.4 Å². The van der Waals surface area contributed by atoms with Crippen LogP contribution >= 0.6 is 0 Å². The number of nitrogens with two attached hydrogens (primary N) is 1. The maximum atomic E-state index is 12.6. The Hall–Kier alpha value is -2.50. The number of nitrogens with zero attached hydrogens (tertiary/aromatic N) is 2. The molecule has 0 bridgehead atoms. The van der Waals surface area contributed by atoms with Gasteiger partial charge in [-0.05, 0) is 45.0 Å². The number of amides is 1. The normalized spacial score (nSPS) is 20.2. The largest absolute Gasteiger partial charge is 0.487 e. The van der Waals surface area contributed by atoms with Crippen molar-refractivity contribution >= 4 is 11.6 Å². The topological polar surface area (TPSA) is 82.2 Å². The summed E-state index contributed by atoms with van der Waals surface area (Å²) in [6, 6.07) is 6.83. The molecule has 0 spiro atoms. The van der Waals surface area contributed by atoms with Crippen LogP contribution in [0.1, 0.15) is 44.8 Å². The average molecular weight is 314 g/mol. The third-order valence-electron chi connectivity index (χ3n) is 4.11. The van der Waals surface area contributed by atoms with E-state index in [9.17, 15) is 4.79 Å². The van der Waals surface area contributed by atoms with Gasteiger partial charge < -0.3 is 15.8 Å². The van der Waals surface area contributed by atoms with Crippen molar-refractivity contribution < 1.29 is 9.53 Å². The molecule has 3 rings (SSSR count). The lowest BCUT2D eigenvalue weighted by molar-refractivity contribution is -0.125. The molecule has 0 fully saturated rings. The first kappa shape index (κ1) is 15.4. The number of rotatable bonds is 3. The van der Waals surface area contributed by atoms with Crippen LogP contribution < -0.4 is 15.8 Å². The van der Waals surface area contributed by atoms with Gasteiger partial charge >= 0.3 is 0 Å². The zero-order valence-electron chi connectivity index (χ0n) is 13.6. The fourth-order valence-electron chi connectivity index (χ4n) is 2.92. The van der Waals surface area contributed by atoms with Crippen LogP contribution in [0.4, 0.5) is 5.69 Å². The number of aromatic nitrogens is 2. The van der Waals surface area contributed by atoms with E-state index in [1.54, 1.807) is 23.1 Å². The lowest BCUT2D eigenvalue weighted by Crippen LogP contribution is -2.43. The summed E-state index contributed by atoms with van der Waals surface area (Å²) in [6.07, 6.45) is 4.13. The van der Waals surface area contributed by atoms with Crippen molar-refractivity contribution in [3.8, 4) is 5.75 Å². The van der Waals surface area contributed by atoms with E-state index < -0.39 is 0 Å². The van der Waals surface area contributed by atoms with Crippen LogP contribution in [-0.4, -0.2) is 21.3 Å². The highest BCUT2D eigenvalue weighted by molar-refractivity contribution is 5.80. The Balaban J connectivity index is 1.84. The minimum atomic E-state index is -0.375. The highest BCUT2D eigenvalue weighted by Gasteiger charge is 2.35. The van der Waals surface area contributed by atoms with Crippen LogP contribution in [0.2, 0.25) is 0 Å². The molecule has 1 aromatic heterocycles. The van der Waals surface area contributed by atoms with Gasteiger partial charge in [0.2, 0.25) is 5.91 Å². The molecule has 2 atom stereocenters. The van der Waals surface area contributed by atoms with Crippen LogP contribution in [-0.2, 0) is 4.79 Å². The molecular formula is C17H22N4O2. The van der Waals surface area contributed by atoms with E-state index in [4.69, 9.17) is 10.5 Å². The highest BCUT2D eigenvalue weighted by Crippen LogP contribution is 2.40. The molecule has 0 saturated heterocycles. The Labute approximate surface area is 135 Å². The van der Waals surface area contributed by atoms with Gasteiger partial charge in [0.15, 0.2) is 0 Å². The van der Waals surface area contributed by atoms with E-state index in [1.807, 2.05) is 39.0 Å². The summed E-state index contributed by atoms with van der Waals surface area (Å²) in [5.74, 6) is 0.692. The summed E-state index contributed by atoms with van der Waals surface area (Å²) >= 11 is 0. The molecule has 6 nitrogen and oxygen atoms in total. The fourth-order valence-corrected chi connectivity index (χ4v) is 2.92. The molecule has 3 N–H and O–H groups in total. The summed E-state index contributed by atoms with van der Waals surface area (Å²) in [7, 11) is 0. The lowest BCUT2D eigenvalue weighted by atomic mass is 9.89. The Morgan fingerprint density at radius 1 is 1.52 bits per heavy atom. The van der Waals surface area contributed by atoms with Gasteiger partial charge in [-0.2, -0.15) is 5.10 Å². The quantitative estimate of drug-likeness (QED) is 0.853. The molecule has 1 aliphatic heterocycles. The molecule has 0 aliphatic carbocycles. The smallest absolute Gasteiger partial charge is 0.245 e. The Morgan fingerprint density at radius 3 is 3.00 bits per heavy atom. The van der Waals surface area contributed by atoms with Crippen molar-refractivity contribution in [1.29, 1.82) is 0 Å². The first-order valence-corrected chi connectivity index (χ1v) is 7.74. The Kier molecular flexibility index (Phi) is 3.75. The van der Waals surface area contributed by atoms with Gasteiger partial charge in [0.1, 0.15) is 17.4 Å². The van der Waals surface area contributed by atoms with Crippen LogP contribution in [0.25, 0.3) is 0 Å². The van der Waals surface area contributed by atoms with Gasteiger partial charge in [-0.25, -0.2) is 0 Å².